The highest BCUT2D eigenvalue weighted by Crippen LogP contribution is 2.32. The molecule has 6 heteroatoms. The molecule has 0 aliphatic carbocycles. The fraction of sp³-hybridized carbons (Fsp3) is 0.500. The molecule has 0 aliphatic rings. The van der Waals surface area contributed by atoms with E-state index in [9.17, 15) is 9.18 Å². The lowest BCUT2D eigenvalue weighted by molar-refractivity contribution is -0.128. The number of hydrogen-bond acceptors (Lipinski definition) is 2. The summed E-state index contributed by atoms with van der Waals surface area (Å²) >= 11 is 12.0. The maximum Gasteiger partial charge on any atom is 0.226 e. The summed E-state index contributed by atoms with van der Waals surface area (Å²) in [7, 11) is 1.59. The Balaban J connectivity index is 2.85. The van der Waals surface area contributed by atoms with E-state index in [1.165, 1.54) is 12.1 Å². The standard InChI is InChI=1S/C14H19Cl2FN2O/c1-8(19-7-14(2,3)13(20)18-4)11-9(15)5-6-10(17)12(11)16/h5-6,8,19H,7H2,1-4H3,(H,18,20). The first-order chi connectivity index (χ1) is 9.20. The van der Waals surface area contributed by atoms with Gasteiger partial charge in [-0.2, -0.15) is 0 Å². The smallest absolute Gasteiger partial charge is 0.226 e. The maximum absolute atomic E-state index is 13.5. The first-order valence-electron chi connectivity index (χ1n) is 6.29. The van der Waals surface area contributed by atoms with Crippen LogP contribution in [0, 0.1) is 11.2 Å². The van der Waals surface area contributed by atoms with Crippen molar-refractivity contribution in [3.8, 4) is 0 Å². The normalized spacial score (nSPS) is 13.2. The summed E-state index contributed by atoms with van der Waals surface area (Å²) < 4.78 is 13.5. The van der Waals surface area contributed by atoms with Crippen LogP contribution in [0.4, 0.5) is 4.39 Å². The third-order valence-corrected chi connectivity index (χ3v) is 3.92. The molecule has 1 aromatic carbocycles. The summed E-state index contributed by atoms with van der Waals surface area (Å²) in [5.41, 5.74) is -0.0870. The van der Waals surface area contributed by atoms with E-state index in [0.717, 1.165) is 0 Å². The molecule has 2 N–H and O–H groups in total. The van der Waals surface area contributed by atoms with Gasteiger partial charge in [0.25, 0.3) is 0 Å². The molecule has 0 bridgehead atoms. The number of hydrogen-bond donors (Lipinski definition) is 2. The van der Waals surface area contributed by atoms with E-state index in [0.29, 0.717) is 17.1 Å². The lowest BCUT2D eigenvalue weighted by atomic mass is 9.91. The molecule has 1 rings (SSSR count). The largest absolute Gasteiger partial charge is 0.359 e. The minimum atomic E-state index is -0.588. The van der Waals surface area contributed by atoms with E-state index in [1.54, 1.807) is 7.05 Å². The van der Waals surface area contributed by atoms with Crippen LogP contribution in [0.15, 0.2) is 12.1 Å². The molecule has 0 fully saturated rings. The summed E-state index contributed by atoms with van der Waals surface area (Å²) in [6, 6.07) is 2.44. The van der Waals surface area contributed by atoms with Crippen LogP contribution in [0.5, 0.6) is 0 Å². The van der Waals surface area contributed by atoms with Gasteiger partial charge in [-0.25, -0.2) is 4.39 Å². The number of halogens is 3. The monoisotopic (exact) mass is 320 g/mol. The van der Waals surface area contributed by atoms with Gasteiger partial charge in [0.1, 0.15) is 5.82 Å². The summed E-state index contributed by atoms with van der Waals surface area (Å²) in [4.78, 5) is 11.7. The van der Waals surface area contributed by atoms with Gasteiger partial charge >= 0.3 is 0 Å². The summed E-state index contributed by atoms with van der Waals surface area (Å²) in [5, 5.41) is 6.18. The lowest BCUT2D eigenvalue weighted by Crippen LogP contribution is -2.42. The fourth-order valence-corrected chi connectivity index (χ4v) is 2.57. The quantitative estimate of drug-likeness (QED) is 0.814. The molecule has 0 aliphatic heterocycles. The van der Waals surface area contributed by atoms with Gasteiger partial charge < -0.3 is 10.6 Å². The molecule has 0 radical (unpaired) electrons. The molecule has 20 heavy (non-hydrogen) atoms. The van der Waals surface area contributed by atoms with Gasteiger partial charge in [0.15, 0.2) is 0 Å². The van der Waals surface area contributed by atoms with Crippen LogP contribution in [0.3, 0.4) is 0 Å². The summed E-state index contributed by atoms with van der Waals surface area (Å²) in [5.74, 6) is -0.584. The van der Waals surface area contributed by atoms with E-state index < -0.39 is 11.2 Å². The van der Waals surface area contributed by atoms with E-state index in [-0.39, 0.29) is 17.0 Å². The van der Waals surface area contributed by atoms with Crippen LogP contribution >= 0.6 is 23.2 Å². The van der Waals surface area contributed by atoms with Crippen LogP contribution in [0.1, 0.15) is 32.4 Å². The Morgan fingerprint density at radius 3 is 2.55 bits per heavy atom. The van der Waals surface area contributed by atoms with Crippen molar-refractivity contribution in [3.63, 3.8) is 0 Å². The highest BCUT2D eigenvalue weighted by atomic mass is 35.5. The molecule has 0 spiro atoms. The van der Waals surface area contributed by atoms with Gasteiger partial charge in [-0.15, -0.1) is 0 Å². The van der Waals surface area contributed by atoms with E-state index in [1.807, 2.05) is 20.8 Å². The van der Waals surface area contributed by atoms with Gasteiger partial charge in [-0.05, 0) is 32.9 Å². The predicted molar refractivity (Wildman–Crippen MR) is 80.7 cm³/mol. The molecule has 112 valence electrons. The van der Waals surface area contributed by atoms with Crippen molar-refractivity contribution in [2.45, 2.75) is 26.8 Å². The number of carbonyl (C=O) groups excluding carboxylic acids is 1. The number of nitrogens with one attached hydrogen (secondary N) is 2. The second-order valence-corrected chi connectivity index (χ2v) is 6.11. The Morgan fingerprint density at radius 1 is 1.40 bits per heavy atom. The molecule has 0 saturated carbocycles. The number of rotatable bonds is 5. The number of amides is 1. The molecule has 0 aromatic heterocycles. The van der Waals surface area contributed by atoms with Gasteiger partial charge in [0, 0.05) is 30.2 Å². The van der Waals surface area contributed by atoms with Gasteiger partial charge in [0.05, 0.1) is 10.4 Å². The average molecular weight is 321 g/mol. The second-order valence-electron chi connectivity index (χ2n) is 5.32. The van der Waals surface area contributed by atoms with Crippen molar-refractivity contribution in [2.24, 2.45) is 5.41 Å². The van der Waals surface area contributed by atoms with Crippen LogP contribution in [0.2, 0.25) is 10.0 Å². The first kappa shape index (κ1) is 17.2. The SMILES string of the molecule is CNC(=O)C(C)(C)CNC(C)c1c(Cl)ccc(F)c1Cl. The van der Waals surface area contributed by atoms with Crippen LogP contribution in [-0.4, -0.2) is 19.5 Å². The molecule has 3 nitrogen and oxygen atoms in total. The minimum absolute atomic E-state index is 0.00949. The van der Waals surface area contributed by atoms with E-state index in [2.05, 4.69) is 10.6 Å². The van der Waals surface area contributed by atoms with E-state index in [4.69, 9.17) is 23.2 Å². The van der Waals surface area contributed by atoms with Gasteiger partial charge in [0.2, 0.25) is 5.91 Å². The van der Waals surface area contributed by atoms with Gasteiger partial charge in [-0.3, -0.25) is 4.79 Å². The van der Waals surface area contributed by atoms with Crippen molar-refractivity contribution in [3.05, 3.63) is 33.6 Å². The van der Waals surface area contributed by atoms with Crippen LogP contribution in [-0.2, 0) is 4.79 Å². The number of carbonyl (C=O) groups is 1. The Labute approximate surface area is 128 Å². The summed E-state index contributed by atoms with van der Waals surface area (Å²) in [6.45, 7) is 5.88. The second kappa shape index (κ2) is 6.74. The van der Waals surface area contributed by atoms with Crippen molar-refractivity contribution in [1.82, 2.24) is 10.6 Å². The topological polar surface area (TPSA) is 41.1 Å². The van der Waals surface area contributed by atoms with Crippen molar-refractivity contribution in [1.29, 1.82) is 0 Å². The zero-order valence-electron chi connectivity index (χ0n) is 12.0. The maximum atomic E-state index is 13.5. The van der Waals surface area contributed by atoms with E-state index >= 15 is 0 Å². The zero-order chi connectivity index (χ0) is 15.5. The Hall–Kier alpha value is -0.840. The van der Waals surface area contributed by atoms with Crippen LogP contribution in [0.25, 0.3) is 0 Å². The molecule has 0 saturated heterocycles. The van der Waals surface area contributed by atoms with Crippen molar-refractivity contribution >= 4 is 29.1 Å². The molecule has 1 unspecified atom stereocenters. The first-order valence-corrected chi connectivity index (χ1v) is 7.05. The fourth-order valence-electron chi connectivity index (χ4n) is 1.87. The predicted octanol–water partition coefficient (Wildman–Crippen LogP) is 3.56. The molecular weight excluding hydrogens is 302 g/mol. The van der Waals surface area contributed by atoms with Crippen molar-refractivity contribution in [2.75, 3.05) is 13.6 Å². The minimum Gasteiger partial charge on any atom is -0.359 e. The van der Waals surface area contributed by atoms with Crippen molar-refractivity contribution < 1.29 is 9.18 Å². The van der Waals surface area contributed by atoms with Gasteiger partial charge in [-0.1, -0.05) is 23.2 Å². The highest BCUT2D eigenvalue weighted by molar-refractivity contribution is 6.36. The molecular formula is C14H19Cl2FN2O. The molecule has 0 heterocycles. The Kier molecular flexibility index (Phi) is 5.80. The molecule has 1 atom stereocenters. The highest BCUT2D eigenvalue weighted by Gasteiger charge is 2.27. The average Bonchev–Trinajstić information content (AvgIpc) is 2.40. The van der Waals surface area contributed by atoms with Crippen LogP contribution < -0.4 is 10.6 Å². The zero-order valence-corrected chi connectivity index (χ0v) is 13.5. The Bertz CT molecular complexity index is 506. The summed E-state index contributed by atoms with van der Waals surface area (Å²) in [6.07, 6.45) is 0. The molecule has 1 aromatic rings. The third-order valence-electron chi connectivity index (χ3n) is 3.20. The Morgan fingerprint density at radius 2 is 2.00 bits per heavy atom. The number of benzene rings is 1. The molecule has 1 amide bonds. The lowest BCUT2D eigenvalue weighted by Gasteiger charge is -2.26. The third kappa shape index (κ3) is 3.84.